The van der Waals surface area contributed by atoms with E-state index >= 15 is 0 Å². The van der Waals surface area contributed by atoms with E-state index in [1.807, 2.05) is 66.7 Å². The third-order valence-electron chi connectivity index (χ3n) is 5.20. The van der Waals surface area contributed by atoms with E-state index in [0.717, 1.165) is 16.7 Å². The van der Waals surface area contributed by atoms with E-state index in [9.17, 15) is 15.0 Å². The first-order chi connectivity index (χ1) is 14.8. The van der Waals surface area contributed by atoms with Crippen LogP contribution in [0.25, 0.3) is 28.1 Å². The van der Waals surface area contributed by atoms with Gasteiger partial charge in [0.2, 0.25) is 5.88 Å². The van der Waals surface area contributed by atoms with E-state index in [0.29, 0.717) is 11.4 Å². The van der Waals surface area contributed by atoms with Crippen molar-refractivity contribution in [2.45, 2.75) is 20.8 Å². The first-order valence-electron chi connectivity index (χ1n) is 10.1. The summed E-state index contributed by atoms with van der Waals surface area (Å²) in [6.07, 6.45) is 3.50. The molecule has 0 atom stereocenters. The molecule has 0 saturated carbocycles. The van der Waals surface area contributed by atoms with Crippen molar-refractivity contribution in [1.29, 1.82) is 0 Å². The number of pyridine rings is 1. The van der Waals surface area contributed by atoms with Gasteiger partial charge in [-0.25, -0.2) is 0 Å². The van der Waals surface area contributed by atoms with Crippen LogP contribution in [-0.2, 0) is 0 Å². The van der Waals surface area contributed by atoms with E-state index < -0.39 is 11.2 Å². The summed E-state index contributed by atoms with van der Waals surface area (Å²) in [7, 11) is 0. The van der Waals surface area contributed by atoms with Gasteiger partial charge in [0, 0.05) is 23.5 Å². The molecule has 0 unspecified atom stereocenters. The Kier molecular flexibility index (Phi) is 5.11. The van der Waals surface area contributed by atoms with Crippen LogP contribution in [0.2, 0.25) is 0 Å². The first-order valence-corrected chi connectivity index (χ1v) is 10.1. The topological polar surface area (TPSA) is 75.3 Å². The lowest BCUT2D eigenvalue weighted by atomic mass is 9.85. The van der Waals surface area contributed by atoms with Gasteiger partial charge in [-0.05, 0) is 34.9 Å². The quantitative estimate of drug-likeness (QED) is 0.413. The highest BCUT2D eigenvalue weighted by Gasteiger charge is 2.34. The van der Waals surface area contributed by atoms with Gasteiger partial charge in [-0.15, -0.1) is 0 Å². The second kappa shape index (κ2) is 7.76. The van der Waals surface area contributed by atoms with Crippen molar-refractivity contribution < 1.29 is 15.0 Å². The molecule has 31 heavy (non-hydrogen) atoms. The molecule has 5 heteroatoms. The van der Waals surface area contributed by atoms with E-state index in [-0.39, 0.29) is 17.2 Å². The molecule has 2 aromatic carbocycles. The third-order valence-corrected chi connectivity index (χ3v) is 5.20. The predicted molar refractivity (Wildman–Crippen MR) is 122 cm³/mol. The van der Waals surface area contributed by atoms with Gasteiger partial charge < -0.3 is 10.2 Å². The van der Waals surface area contributed by atoms with Crippen molar-refractivity contribution in [1.82, 2.24) is 9.55 Å². The summed E-state index contributed by atoms with van der Waals surface area (Å²) in [5, 5.41) is 21.7. The maximum absolute atomic E-state index is 13.2. The monoisotopic (exact) mass is 412 g/mol. The lowest BCUT2D eigenvalue weighted by Crippen LogP contribution is -2.20. The Bertz CT molecular complexity index is 1220. The van der Waals surface area contributed by atoms with Crippen LogP contribution in [0.4, 0.5) is 0 Å². The van der Waals surface area contributed by atoms with Gasteiger partial charge in [0.25, 0.3) is 0 Å². The normalized spacial score (nSPS) is 11.5. The Morgan fingerprint density at radius 2 is 1.48 bits per heavy atom. The van der Waals surface area contributed by atoms with Crippen LogP contribution >= 0.6 is 0 Å². The summed E-state index contributed by atoms with van der Waals surface area (Å²) < 4.78 is 1.52. The molecule has 0 bridgehead atoms. The van der Waals surface area contributed by atoms with Gasteiger partial charge in [-0.1, -0.05) is 69.3 Å². The summed E-state index contributed by atoms with van der Waals surface area (Å²) in [5.74, 6) is -1.01. The molecule has 0 aliphatic heterocycles. The molecule has 4 rings (SSSR count). The summed E-state index contributed by atoms with van der Waals surface area (Å²) in [5.41, 5.74) is 3.15. The molecule has 0 spiro atoms. The maximum Gasteiger partial charge on any atom is 0.240 e. The SMILES string of the molecule is CC(C)(C)C(=O)c1c(O)c(O)n(-c2ccc(-c3cccnc3)cc2)c1-c1ccccc1. The largest absolute Gasteiger partial charge is 0.503 e. The second-order valence-electron chi connectivity index (χ2n) is 8.46. The van der Waals surface area contributed by atoms with E-state index in [4.69, 9.17) is 0 Å². The number of carbonyl (C=O) groups excluding carboxylic acids is 1. The van der Waals surface area contributed by atoms with Crippen molar-refractivity contribution in [2.24, 2.45) is 5.41 Å². The predicted octanol–water partition coefficient (Wildman–Crippen LogP) is 5.85. The fraction of sp³-hybridized carbons (Fsp3) is 0.154. The highest BCUT2D eigenvalue weighted by molar-refractivity contribution is 6.08. The molecule has 2 N–H and O–H groups in total. The van der Waals surface area contributed by atoms with Crippen LogP contribution in [0.5, 0.6) is 11.6 Å². The number of aromatic nitrogens is 2. The Labute approximate surface area is 181 Å². The van der Waals surface area contributed by atoms with Crippen LogP contribution in [0, 0.1) is 5.41 Å². The van der Waals surface area contributed by atoms with Gasteiger partial charge in [-0.2, -0.15) is 0 Å². The molecule has 2 aromatic heterocycles. The molecule has 5 nitrogen and oxygen atoms in total. The van der Waals surface area contributed by atoms with Crippen molar-refractivity contribution >= 4 is 5.78 Å². The minimum absolute atomic E-state index is 0.118. The molecule has 156 valence electrons. The molecule has 0 saturated heterocycles. The van der Waals surface area contributed by atoms with Gasteiger partial charge in [-0.3, -0.25) is 14.3 Å². The molecule has 0 radical (unpaired) electrons. The fourth-order valence-electron chi connectivity index (χ4n) is 3.59. The minimum atomic E-state index is -0.732. The zero-order valence-electron chi connectivity index (χ0n) is 17.7. The van der Waals surface area contributed by atoms with Crippen molar-refractivity contribution in [3.05, 3.63) is 84.7 Å². The molecule has 0 aliphatic rings. The Hall–Kier alpha value is -3.86. The molecule has 0 fully saturated rings. The van der Waals surface area contributed by atoms with Crippen molar-refractivity contribution in [2.75, 3.05) is 0 Å². The number of Topliss-reactive ketones (excluding diaryl/α,β-unsaturated/α-hetero) is 1. The third kappa shape index (κ3) is 3.70. The van der Waals surface area contributed by atoms with Crippen LogP contribution in [-0.4, -0.2) is 25.5 Å². The van der Waals surface area contributed by atoms with Crippen molar-refractivity contribution in [3.63, 3.8) is 0 Å². The number of carbonyl (C=O) groups is 1. The van der Waals surface area contributed by atoms with E-state index in [1.54, 1.807) is 33.2 Å². The molecule has 2 heterocycles. The fourth-order valence-corrected chi connectivity index (χ4v) is 3.59. The average Bonchev–Trinajstić information content (AvgIpc) is 3.04. The zero-order chi connectivity index (χ0) is 22.2. The number of aromatic hydroxyl groups is 2. The van der Waals surface area contributed by atoms with Crippen LogP contribution in [0.1, 0.15) is 31.1 Å². The highest BCUT2D eigenvalue weighted by Crippen LogP contribution is 2.45. The molecular weight excluding hydrogens is 388 g/mol. The summed E-state index contributed by atoms with van der Waals surface area (Å²) in [4.78, 5) is 17.4. The number of hydrogen-bond donors (Lipinski definition) is 2. The second-order valence-corrected chi connectivity index (χ2v) is 8.46. The first kappa shape index (κ1) is 20.4. The Balaban J connectivity index is 1.93. The zero-order valence-corrected chi connectivity index (χ0v) is 17.7. The van der Waals surface area contributed by atoms with Gasteiger partial charge in [0.05, 0.1) is 11.3 Å². The molecular formula is C26H24N2O3. The van der Waals surface area contributed by atoms with Gasteiger partial charge in [0.15, 0.2) is 11.5 Å². The van der Waals surface area contributed by atoms with E-state index in [2.05, 4.69) is 4.98 Å². The number of rotatable bonds is 4. The van der Waals surface area contributed by atoms with Crippen molar-refractivity contribution in [3.8, 4) is 39.7 Å². The van der Waals surface area contributed by atoms with Crippen LogP contribution in [0.15, 0.2) is 79.1 Å². The molecule has 4 aromatic rings. The summed E-state index contributed by atoms with van der Waals surface area (Å²) in [6, 6.07) is 20.7. The average molecular weight is 412 g/mol. The summed E-state index contributed by atoms with van der Waals surface area (Å²) >= 11 is 0. The number of ketones is 1. The van der Waals surface area contributed by atoms with Gasteiger partial charge in [0.1, 0.15) is 0 Å². The lowest BCUT2D eigenvalue weighted by molar-refractivity contribution is 0.0856. The number of benzene rings is 2. The Morgan fingerprint density at radius 1 is 0.839 bits per heavy atom. The maximum atomic E-state index is 13.2. The smallest absolute Gasteiger partial charge is 0.240 e. The van der Waals surface area contributed by atoms with Gasteiger partial charge >= 0.3 is 0 Å². The molecule has 0 aliphatic carbocycles. The van der Waals surface area contributed by atoms with Crippen LogP contribution in [0.3, 0.4) is 0 Å². The minimum Gasteiger partial charge on any atom is -0.503 e. The Morgan fingerprint density at radius 3 is 2.06 bits per heavy atom. The van der Waals surface area contributed by atoms with E-state index in [1.165, 1.54) is 4.57 Å². The van der Waals surface area contributed by atoms with Crippen LogP contribution < -0.4 is 0 Å². The molecule has 0 amide bonds. The highest BCUT2D eigenvalue weighted by atomic mass is 16.3. The number of nitrogens with zero attached hydrogens (tertiary/aromatic N) is 2. The standard InChI is InChI=1S/C26H24N2O3/c1-26(2,3)24(30)21-22(18-8-5-4-6-9-18)28(25(31)23(21)29)20-13-11-17(12-14-20)19-10-7-15-27-16-19/h4-16,29,31H,1-3H3. The summed E-state index contributed by atoms with van der Waals surface area (Å²) in [6.45, 7) is 5.38. The lowest BCUT2D eigenvalue weighted by Gasteiger charge is -2.18. The number of hydrogen-bond acceptors (Lipinski definition) is 4.